The Balaban J connectivity index is 1.40. The normalized spacial score (nSPS) is 11.9. The quantitative estimate of drug-likeness (QED) is 0.177. The Morgan fingerprint density at radius 2 is 1.17 bits per heavy atom. The maximum absolute atomic E-state index is 13.4. The van der Waals surface area contributed by atoms with Gasteiger partial charge in [-0.05, 0) is 54.8 Å². The highest BCUT2D eigenvalue weighted by atomic mass is 19.1. The molecule has 0 aliphatic heterocycles. The molecule has 2 aromatic carbocycles. The summed E-state index contributed by atoms with van der Waals surface area (Å²) in [4.78, 5) is 9.06. The van der Waals surface area contributed by atoms with Crippen LogP contribution in [-0.4, -0.2) is 29.4 Å². The molecule has 0 radical (unpaired) electrons. The summed E-state index contributed by atoms with van der Waals surface area (Å²) in [5, 5.41) is 0. The topological polar surface area (TPSA) is 44.2 Å². The number of aromatic nitrogens is 2. The van der Waals surface area contributed by atoms with Crippen molar-refractivity contribution in [1.82, 2.24) is 9.97 Å². The summed E-state index contributed by atoms with van der Waals surface area (Å²) in [6, 6.07) is 15.5. The highest BCUT2D eigenvalue weighted by Crippen LogP contribution is 2.24. The van der Waals surface area contributed by atoms with Crippen LogP contribution in [0, 0.1) is 0 Å². The maximum Gasteiger partial charge on any atom is 0.159 e. The van der Waals surface area contributed by atoms with Crippen LogP contribution in [0.15, 0.2) is 60.9 Å². The molecule has 3 rings (SSSR count). The van der Waals surface area contributed by atoms with E-state index in [2.05, 4.69) is 16.9 Å². The number of halogens is 1. The molecule has 1 heterocycles. The van der Waals surface area contributed by atoms with Crippen molar-refractivity contribution < 1.29 is 13.9 Å². The Morgan fingerprint density at radius 1 is 0.639 bits per heavy atom. The fourth-order valence-electron chi connectivity index (χ4n) is 3.98. The van der Waals surface area contributed by atoms with Crippen LogP contribution in [0.3, 0.4) is 0 Å². The summed E-state index contributed by atoms with van der Waals surface area (Å²) in [5.41, 5.74) is 2.90. The molecule has 36 heavy (non-hydrogen) atoms. The van der Waals surface area contributed by atoms with E-state index in [1.54, 1.807) is 6.92 Å². The van der Waals surface area contributed by atoms with Crippen LogP contribution >= 0.6 is 0 Å². The Bertz CT molecular complexity index is 975. The molecule has 0 amide bonds. The smallest absolute Gasteiger partial charge is 0.159 e. The average molecular weight is 493 g/mol. The first kappa shape index (κ1) is 27.6. The van der Waals surface area contributed by atoms with Crippen LogP contribution in [0.4, 0.5) is 4.39 Å². The zero-order valence-corrected chi connectivity index (χ0v) is 21.9. The summed E-state index contributed by atoms with van der Waals surface area (Å²) in [6.45, 7) is 4.91. The molecule has 0 spiro atoms. The number of ether oxygens (including phenoxy) is 2. The van der Waals surface area contributed by atoms with Gasteiger partial charge in [-0.15, -0.1) is 0 Å². The minimum Gasteiger partial charge on any atom is -0.494 e. The highest BCUT2D eigenvalue weighted by molar-refractivity contribution is 5.64. The Kier molecular flexibility index (Phi) is 12.2. The number of alkyl halides is 1. The standard InChI is InChI=1S/C31H41FN2O2/c1-3-5-6-7-8-9-10-11-12-21-35-29-17-13-25(14-18-29)27-22-33-31(34-23-27)26-15-19-30(20-16-26)36-24-28(32)4-2/h13-20,22-23,28H,3-12,21,24H2,1-2H3. The van der Waals surface area contributed by atoms with Crippen LogP contribution in [0.1, 0.15) is 78.1 Å². The van der Waals surface area contributed by atoms with E-state index in [9.17, 15) is 4.39 Å². The number of nitrogens with zero attached hydrogens (tertiary/aromatic N) is 2. The summed E-state index contributed by atoms with van der Waals surface area (Å²) < 4.78 is 24.7. The van der Waals surface area contributed by atoms with Gasteiger partial charge in [-0.1, -0.05) is 77.3 Å². The number of rotatable bonds is 17. The third kappa shape index (κ3) is 9.60. The maximum atomic E-state index is 13.4. The molecule has 0 aliphatic rings. The molecule has 1 aromatic heterocycles. The molecule has 0 N–H and O–H groups in total. The summed E-state index contributed by atoms with van der Waals surface area (Å²) in [7, 11) is 0. The van der Waals surface area contributed by atoms with Gasteiger partial charge < -0.3 is 9.47 Å². The number of hydrogen-bond donors (Lipinski definition) is 0. The molecule has 0 fully saturated rings. The first-order valence-corrected chi connectivity index (χ1v) is 13.6. The lowest BCUT2D eigenvalue weighted by Crippen LogP contribution is -2.11. The van der Waals surface area contributed by atoms with Crippen LogP contribution in [0.5, 0.6) is 11.5 Å². The fourth-order valence-corrected chi connectivity index (χ4v) is 3.98. The van der Waals surface area contributed by atoms with Crippen molar-refractivity contribution in [2.45, 2.75) is 84.2 Å². The zero-order valence-electron chi connectivity index (χ0n) is 21.9. The number of benzene rings is 2. The SMILES string of the molecule is CCCCCCCCCCCOc1ccc(-c2cnc(-c3ccc(OCC(F)CC)cc3)nc2)cc1. The third-order valence-electron chi connectivity index (χ3n) is 6.34. The average Bonchev–Trinajstić information content (AvgIpc) is 2.93. The molecule has 0 saturated heterocycles. The van der Waals surface area contributed by atoms with Gasteiger partial charge in [0.1, 0.15) is 24.3 Å². The fraction of sp³-hybridized carbons (Fsp3) is 0.484. The van der Waals surface area contributed by atoms with E-state index in [1.807, 2.05) is 60.9 Å². The lowest BCUT2D eigenvalue weighted by molar-refractivity contribution is 0.192. The second-order valence-corrected chi connectivity index (χ2v) is 9.34. The predicted octanol–water partition coefficient (Wildman–Crippen LogP) is 8.85. The van der Waals surface area contributed by atoms with Gasteiger partial charge in [-0.25, -0.2) is 14.4 Å². The second kappa shape index (κ2) is 15.9. The summed E-state index contributed by atoms with van der Waals surface area (Å²) in [5.74, 6) is 2.19. The molecule has 0 saturated carbocycles. The van der Waals surface area contributed by atoms with Crippen molar-refractivity contribution in [2.75, 3.05) is 13.2 Å². The molecule has 3 aromatic rings. The van der Waals surface area contributed by atoms with E-state index in [0.717, 1.165) is 35.5 Å². The molecule has 1 atom stereocenters. The van der Waals surface area contributed by atoms with Gasteiger partial charge in [-0.3, -0.25) is 0 Å². The van der Waals surface area contributed by atoms with Crippen LogP contribution < -0.4 is 9.47 Å². The van der Waals surface area contributed by atoms with Crippen molar-refractivity contribution in [3.63, 3.8) is 0 Å². The van der Waals surface area contributed by atoms with Crippen molar-refractivity contribution in [3.8, 4) is 34.0 Å². The highest BCUT2D eigenvalue weighted by Gasteiger charge is 2.07. The van der Waals surface area contributed by atoms with Gasteiger partial charge in [0, 0.05) is 23.5 Å². The van der Waals surface area contributed by atoms with E-state index in [-0.39, 0.29) is 6.61 Å². The van der Waals surface area contributed by atoms with Gasteiger partial charge in [0.25, 0.3) is 0 Å². The van der Waals surface area contributed by atoms with Crippen molar-refractivity contribution in [2.24, 2.45) is 0 Å². The zero-order chi connectivity index (χ0) is 25.4. The number of hydrogen-bond acceptors (Lipinski definition) is 4. The van der Waals surface area contributed by atoms with Crippen LogP contribution in [-0.2, 0) is 0 Å². The molecule has 5 heteroatoms. The van der Waals surface area contributed by atoms with E-state index >= 15 is 0 Å². The monoisotopic (exact) mass is 492 g/mol. The molecule has 194 valence electrons. The Hall–Kier alpha value is -2.95. The Morgan fingerprint density at radius 3 is 1.75 bits per heavy atom. The predicted molar refractivity (Wildman–Crippen MR) is 146 cm³/mol. The number of unbranched alkanes of at least 4 members (excludes halogenated alkanes) is 8. The van der Waals surface area contributed by atoms with Gasteiger partial charge >= 0.3 is 0 Å². The molecule has 0 aliphatic carbocycles. The van der Waals surface area contributed by atoms with Crippen molar-refractivity contribution >= 4 is 0 Å². The first-order valence-electron chi connectivity index (χ1n) is 13.6. The summed E-state index contributed by atoms with van der Waals surface area (Å²) in [6.07, 6.45) is 15.0. The molecule has 0 bridgehead atoms. The second-order valence-electron chi connectivity index (χ2n) is 9.34. The van der Waals surface area contributed by atoms with Crippen molar-refractivity contribution in [1.29, 1.82) is 0 Å². The van der Waals surface area contributed by atoms with Crippen molar-refractivity contribution in [3.05, 3.63) is 60.9 Å². The lowest BCUT2D eigenvalue weighted by atomic mass is 10.1. The van der Waals surface area contributed by atoms with E-state index in [4.69, 9.17) is 9.47 Å². The van der Waals surface area contributed by atoms with Crippen LogP contribution in [0.2, 0.25) is 0 Å². The minimum absolute atomic E-state index is 0.0735. The lowest BCUT2D eigenvalue weighted by Gasteiger charge is -2.09. The largest absolute Gasteiger partial charge is 0.494 e. The van der Waals surface area contributed by atoms with Gasteiger partial charge in [-0.2, -0.15) is 0 Å². The van der Waals surface area contributed by atoms with E-state index in [0.29, 0.717) is 18.0 Å². The Labute approximate surface area is 216 Å². The summed E-state index contributed by atoms with van der Waals surface area (Å²) >= 11 is 0. The first-order chi connectivity index (χ1) is 17.7. The molecular weight excluding hydrogens is 451 g/mol. The van der Waals surface area contributed by atoms with Crippen LogP contribution in [0.25, 0.3) is 22.5 Å². The minimum atomic E-state index is -0.944. The van der Waals surface area contributed by atoms with Gasteiger partial charge in [0.2, 0.25) is 0 Å². The molecule has 1 unspecified atom stereocenters. The van der Waals surface area contributed by atoms with Gasteiger partial charge in [0.05, 0.1) is 6.61 Å². The molecular formula is C31H41FN2O2. The third-order valence-corrected chi connectivity index (χ3v) is 6.34. The van der Waals surface area contributed by atoms with E-state index in [1.165, 1.54) is 51.4 Å². The van der Waals surface area contributed by atoms with Gasteiger partial charge in [0.15, 0.2) is 5.82 Å². The molecule has 4 nitrogen and oxygen atoms in total. The van der Waals surface area contributed by atoms with E-state index < -0.39 is 6.17 Å².